The molecule has 27 heavy (non-hydrogen) atoms. The standard InChI is InChI=1S/C22H40O5/c1-5-6-10-14-19-20(27-22(2,3)26-19)17-16-18(23)13-11-8-7-9-12-15-21(24)25-4/h16-20,23H,5-15H2,1-4H3. The number of unbranched alkanes of at least 4 members (excludes halogenated alkanes) is 6. The van der Waals surface area contributed by atoms with Crippen molar-refractivity contribution >= 4 is 5.97 Å². The lowest BCUT2D eigenvalue weighted by molar-refractivity contribution is -0.143. The van der Waals surface area contributed by atoms with Gasteiger partial charge in [-0.25, -0.2) is 0 Å². The Morgan fingerprint density at radius 2 is 1.81 bits per heavy atom. The number of methoxy groups -OCH3 is 1. The van der Waals surface area contributed by atoms with Gasteiger partial charge in [-0.2, -0.15) is 0 Å². The molecule has 1 aliphatic rings. The first-order valence-electron chi connectivity index (χ1n) is 10.7. The van der Waals surface area contributed by atoms with Gasteiger partial charge < -0.3 is 19.3 Å². The lowest BCUT2D eigenvalue weighted by Crippen LogP contribution is -2.21. The van der Waals surface area contributed by atoms with E-state index in [0.717, 1.165) is 51.4 Å². The zero-order chi connectivity index (χ0) is 20.1. The van der Waals surface area contributed by atoms with Gasteiger partial charge >= 0.3 is 5.97 Å². The number of esters is 1. The summed E-state index contributed by atoms with van der Waals surface area (Å²) in [6.45, 7) is 6.09. The van der Waals surface area contributed by atoms with Crippen LogP contribution in [0.2, 0.25) is 0 Å². The highest BCUT2D eigenvalue weighted by atomic mass is 16.7. The highest BCUT2D eigenvalue weighted by molar-refractivity contribution is 5.68. The Bertz CT molecular complexity index is 432. The molecular weight excluding hydrogens is 344 g/mol. The summed E-state index contributed by atoms with van der Waals surface area (Å²) in [6, 6.07) is 0. The minimum atomic E-state index is -0.555. The Labute approximate surface area is 165 Å². The van der Waals surface area contributed by atoms with Crippen molar-refractivity contribution in [2.75, 3.05) is 7.11 Å². The Kier molecular flexibility index (Phi) is 11.9. The second-order valence-corrected chi connectivity index (χ2v) is 7.97. The number of hydrogen-bond donors (Lipinski definition) is 1. The van der Waals surface area contributed by atoms with Crippen molar-refractivity contribution in [3.05, 3.63) is 12.2 Å². The highest BCUT2D eigenvalue weighted by Crippen LogP contribution is 2.31. The van der Waals surface area contributed by atoms with Gasteiger partial charge in [0, 0.05) is 6.42 Å². The zero-order valence-corrected chi connectivity index (χ0v) is 17.7. The maximum Gasteiger partial charge on any atom is 0.305 e. The first kappa shape index (κ1) is 24.1. The first-order chi connectivity index (χ1) is 12.9. The third-order valence-electron chi connectivity index (χ3n) is 4.95. The number of carbonyl (C=O) groups is 1. The topological polar surface area (TPSA) is 65.0 Å². The average molecular weight is 385 g/mol. The minimum Gasteiger partial charge on any atom is -0.469 e. The lowest BCUT2D eigenvalue weighted by atomic mass is 10.0. The fraction of sp³-hybridized carbons (Fsp3) is 0.864. The van der Waals surface area contributed by atoms with Crippen LogP contribution < -0.4 is 0 Å². The molecule has 0 aliphatic carbocycles. The van der Waals surface area contributed by atoms with Crippen LogP contribution in [0.3, 0.4) is 0 Å². The average Bonchev–Trinajstić information content (AvgIpc) is 2.92. The third-order valence-corrected chi connectivity index (χ3v) is 4.95. The Morgan fingerprint density at radius 1 is 1.11 bits per heavy atom. The molecule has 1 heterocycles. The predicted molar refractivity (Wildman–Crippen MR) is 107 cm³/mol. The quantitative estimate of drug-likeness (QED) is 0.262. The number of aliphatic hydroxyl groups is 1. The van der Waals surface area contributed by atoms with E-state index in [1.807, 2.05) is 26.0 Å². The molecule has 0 aromatic rings. The Balaban J connectivity index is 2.22. The summed E-state index contributed by atoms with van der Waals surface area (Å²) in [5.74, 6) is -0.689. The van der Waals surface area contributed by atoms with Crippen LogP contribution in [0.25, 0.3) is 0 Å². The van der Waals surface area contributed by atoms with E-state index in [0.29, 0.717) is 6.42 Å². The van der Waals surface area contributed by atoms with Gasteiger partial charge in [0.1, 0.15) is 6.10 Å². The minimum absolute atomic E-state index is 0.0739. The molecule has 0 aromatic heterocycles. The van der Waals surface area contributed by atoms with Crippen molar-refractivity contribution in [3.8, 4) is 0 Å². The maximum atomic E-state index is 11.0. The molecular formula is C22H40O5. The number of hydrogen-bond acceptors (Lipinski definition) is 5. The summed E-state index contributed by atoms with van der Waals surface area (Å²) in [4.78, 5) is 11.0. The van der Waals surface area contributed by atoms with Crippen LogP contribution in [0, 0.1) is 0 Å². The normalized spacial score (nSPS) is 23.0. The number of carbonyl (C=O) groups excluding carboxylic acids is 1. The number of rotatable bonds is 14. The SMILES string of the molecule is CCCCCC1OC(C)(C)OC1C=CC(O)CCCCCCCC(=O)OC. The smallest absolute Gasteiger partial charge is 0.305 e. The molecule has 3 atom stereocenters. The van der Waals surface area contributed by atoms with Crippen molar-refractivity contribution in [2.24, 2.45) is 0 Å². The first-order valence-corrected chi connectivity index (χ1v) is 10.7. The molecule has 0 amide bonds. The van der Waals surface area contributed by atoms with Crippen LogP contribution in [-0.2, 0) is 19.0 Å². The number of aliphatic hydroxyl groups excluding tert-OH is 1. The van der Waals surface area contributed by atoms with E-state index in [-0.39, 0.29) is 18.2 Å². The van der Waals surface area contributed by atoms with Crippen molar-refractivity contribution in [3.63, 3.8) is 0 Å². The molecule has 0 aromatic carbocycles. The van der Waals surface area contributed by atoms with E-state index in [1.165, 1.54) is 20.0 Å². The van der Waals surface area contributed by atoms with Gasteiger partial charge in [0.05, 0.1) is 19.3 Å². The molecule has 0 saturated carbocycles. The van der Waals surface area contributed by atoms with E-state index in [2.05, 4.69) is 11.7 Å². The van der Waals surface area contributed by atoms with Crippen LogP contribution in [0.1, 0.15) is 91.4 Å². The van der Waals surface area contributed by atoms with E-state index >= 15 is 0 Å². The summed E-state index contributed by atoms with van der Waals surface area (Å²) in [6.07, 6.45) is 14.2. The Morgan fingerprint density at radius 3 is 2.52 bits per heavy atom. The predicted octanol–water partition coefficient (Wildman–Crippen LogP) is 4.91. The van der Waals surface area contributed by atoms with E-state index in [1.54, 1.807) is 0 Å². The molecule has 1 N–H and O–H groups in total. The molecule has 1 saturated heterocycles. The van der Waals surface area contributed by atoms with Crippen LogP contribution in [-0.4, -0.2) is 42.3 Å². The molecule has 3 unspecified atom stereocenters. The van der Waals surface area contributed by atoms with Crippen molar-refractivity contribution in [1.29, 1.82) is 0 Å². The van der Waals surface area contributed by atoms with Gasteiger partial charge in [-0.05, 0) is 33.1 Å². The maximum absolute atomic E-state index is 11.0. The second-order valence-electron chi connectivity index (χ2n) is 7.97. The van der Waals surface area contributed by atoms with Crippen molar-refractivity contribution < 1.29 is 24.1 Å². The fourth-order valence-corrected chi connectivity index (χ4v) is 3.43. The molecule has 5 heteroatoms. The molecule has 158 valence electrons. The highest BCUT2D eigenvalue weighted by Gasteiger charge is 2.39. The van der Waals surface area contributed by atoms with Crippen molar-refractivity contribution in [2.45, 2.75) is 115 Å². The summed E-state index contributed by atoms with van der Waals surface area (Å²) in [5, 5.41) is 10.2. The molecule has 0 spiro atoms. The second kappa shape index (κ2) is 13.3. The molecule has 0 bridgehead atoms. The van der Waals surface area contributed by atoms with Crippen LogP contribution in [0.5, 0.6) is 0 Å². The van der Waals surface area contributed by atoms with Gasteiger partial charge in [0.2, 0.25) is 0 Å². The zero-order valence-electron chi connectivity index (χ0n) is 17.7. The van der Waals surface area contributed by atoms with E-state index < -0.39 is 11.9 Å². The molecule has 5 nitrogen and oxygen atoms in total. The van der Waals surface area contributed by atoms with Crippen molar-refractivity contribution in [1.82, 2.24) is 0 Å². The summed E-state index contributed by atoms with van der Waals surface area (Å²) < 4.78 is 16.6. The molecule has 1 rings (SSSR count). The van der Waals surface area contributed by atoms with Gasteiger partial charge in [-0.3, -0.25) is 4.79 Å². The molecule has 0 radical (unpaired) electrons. The molecule has 1 aliphatic heterocycles. The van der Waals surface area contributed by atoms with Gasteiger partial charge in [0.25, 0.3) is 0 Å². The van der Waals surface area contributed by atoms with Gasteiger partial charge in [-0.1, -0.05) is 64.0 Å². The largest absolute Gasteiger partial charge is 0.469 e. The summed E-state index contributed by atoms with van der Waals surface area (Å²) in [5.41, 5.74) is 0. The fourth-order valence-electron chi connectivity index (χ4n) is 3.43. The summed E-state index contributed by atoms with van der Waals surface area (Å²) in [7, 11) is 1.42. The van der Waals surface area contributed by atoms with Gasteiger partial charge in [0.15, 0.2) is 5.79 Å². The van der Waals surface area contributed by atoms with Crippen LogP contribution in [0.15, 0.2) is 12.2 Å². The summed E-state index contributed by atoms with van der Waals surface area (Å²) >= 11 is 0. The monoisotopic (exact) mass is 384 g/mol. The number of ether oxygens (including phenoxy) is 3. The molecule has 1 fully saturated rings. The van der Waals surface area contributed by atoms with E-state index in [4.69, 9.17) is 9.47 Å². The van der Waals surface area contributed by atoms with E-state index in [9.17, 15) is 9.90 Å². The van der Waals surface area contributed by atoms with Crippen LogP contribution in [0.4, 0.5) is 0 Å². The Hall–Kier alpha value is -0.910. The van der Waals surface area contributed by atoms with Crippen LogP contribution >= 0.6 is 0 Å². The lowest BCUT2D eigenvalue weighted by Gasteiger charge is -2.16. The van der Waals surface area contributed by atoms with Gasteiger partial charge in [-0.15, -0.1) is 0 Å². The third kappa shape index (κ3) is 10.9.